The number of pyridine rings is 1. The molecule has 0 radical (unpaired) electrons. The molecule has 0 unspecified atom stereocenters. The van der Waals surface area contributed by atoms with Crippen LogP contribution in [0.4, 0.5) is 5.69 Å². The maximum atomic E-state index is 5.86. The fraction of sp³-hybridized carbons (Fsp3) is 0.688. The molecule has 21 heavy (non-hydrogen) atoms. The number of hydrogen-bond donors (Lipinski definition) is 1. The van der Waals surface area contributed by atoms with Crippen LogP contribution >= 0.6 is 0 Å². The van der Waals surface area contributed by atoms with E-state index in [9.17, 15) is 0 Å². The van der Waals surface area contributed by atoms with Gasteiger partial charge in [0.25, 0.3) is 0 Å². The SMILES string of the molecule is CCN(CC)CCOc1cncc(N2CCCNCC2)c1. The Kier molecular flexibility index (Phi) is 6.76. The van der Waals surface area contributed by atoms with Crippen molar-refractivity contribution in [2.75, 3.05) is 57.3 Å². The van der Waals surface area contributed by atoms with Crippen LogP contribution in [-0.2, 0) is 0 Å². The zero-order valence-electron chi connectivity index (χ0n) is 13.3. The van der Waals surface area contributed by atoms with E-state index in [1.165, 1.54) is 12.1 Å². The third kappa shape index (κ3) is 5.17. The topological polar surface area (TPSA) is 40.6 Å². The van der Waals surface area contributed by atoms with Gasteiger partial charge in [-0.15, -0.1) is 0 Å². The zero-order valence-corrected chi connectivity index (χ0v) is 13.3. The number of nitrogens with one attached hydrogen (secondary N) is 1. The Balaban J connectivity index is 1.88. The normalized spacial score (nSPS) is 16.0. The molecule has 2 rings (SSSR count). The van der Waals surface area contributed by atoms with E-state index < -0.39 is 0 Å². The van der Waals surface area contributed by atoms with Crippen LogP contribution in [0.5, 0.6) is 5.75 Å². The van der Waals surface area contributed by atoms with Crippen LogP contribution in [-0.4, -0.2) is 62.3 Å². The second-order valence-electron chi connectivity index (χ2n) is 5.34. The molecule has 0 saturated carbocycles. The second-order valence-corrected chi connectivity index (χ2v) is 5.34. The number of ether oxygens (including phenoxy) is 1. The van der Waals surface area contributed by atoms with E-state index in [0.29, 0.717) is 6.61 Å². The van der Waals surface area contributed by atoms with Crippen LogP contribution in [0, 0.1) is 0 Å². The maximum Gasteiger partial charge on any atom is 0.139 e. The summed E-state index contributed by atoms with van der Waals surface area (Å²) in [5, 5.41) is 3.42. The van der Waals surface area contributed by atoms with Crippen molar-refractivity contribution in [2.45, 2.75) is 20.3 Å². The van der Waals surface area contributed by atoms with E-state index in [1.807, 2.05) is 12.4 Å². The van der Waals surface area contributed by atoms with Gasteiger partial charge in [-0.2, -0.15) is 0 Å². The molecule has 2 heterocycles. The highest BCUT2D eigenvalue weighted by Crippen LogP contribution is 2.20. The maximum absolute atomic E-state index is 5.86. The Morgan fingerprint density at radius 3 is 2.90 bits per heavy atom. The van der Waals surface area contributed by atoms with Gasteiger partial charge in [-0.3, -0.25) is 4.98 Å². The average Bonchev–Trinajstić information content (AvgIpc) is 2.81. The number of likely N-dealkylation sites (N-methyl/N-ethyl adjacent to an activating group) is 1. The smallest absolute Gasteiger partial charge is 0.139 e. The lowest BCUT2D eigenvalue weighted by Crippen LogP contribution is -2.28. The Morgan fingerprint density at radius 2 is 2.10 bits per heavy atom. The van der Waals surface area contributed by atoms with Gasteiger partial charge >= 0.3 is 0 Å². The fourth-order valence-corrected chi connectivity index (χ4v) is 2.60. The number of rotatable bonds is 7. The molecule has 0 bridgehead atoms. The van der Waals surface area contributed by atoms with E-state index in [2.05, 4.69) is 40.0 Å². The Bertz CT molecular complexity index is 401. The lowest BCUT2D eigenvalue weighted by Gasteiger charge is -2.22. The number of nitrogens with zero attached hydrogens (tertiary/aromatic N) is 3. The Morgan fingerprint density at radius 1 is 1.24 bits per heavy atom. The Hall–Kier alpha value is -1.33. The van der Waals surface area contributed by atoms with Gasteiger partial charge < -0.3 is 19.9 Å². The number of hydrogen-bond acceptors (Lipinski definition) is 5. The molecule has 1 fully saturated rings. The first-order valence-electron chi connectivity index (χ1n) is 8.09. The van der Waals surface area contributed by atoms with Crippen LogP contribution in [0.25, 0.3) is 0 Å². The van der Waals surface area contributed by atoms with Crippen LogP contribution in [0.3, 0.4) is 0 Å². The predicted octanol–water partition coefficient (Wildman–Crippen LogP) is 1.60. The molecule has 1 aromatic heterocycles. The molecular formula is C16H28N4O. The first-order valence-corrected chi connectivity index (χ1v) is 8.09. The minimum Gasteiger partial charge on any atom is -0.491 e. The van der Waals surface area contributed by atoms with Crippen molar-refractivity contribution in [2.24, 2.45) is 0 Å². The quantitative estimate of drug-likeness (QED) is 0.827. The van der Waals surface area contributed by atoms with Crippen LogP contribution in [0.15, 0.2) is 18.5 Å². The summed E-state index contributed by atoms with van der Waals surface area (Å²) in [6.07, 6.45) is 4.91. The molecule has 118 valence electrons. The summed E-state index contributed by atoms with van der Waals surface area (Å²) in [6, 6.07) is 2.11. The largest absolute Gasteiger partial charge is 0.491 e. The van der Waals surface area contributed by atoms with Crippen molar-refractivity contribution in [1.29, 1.82) is 0 Å². The minimum atomic E-state index is 0.717. The molecule has 5 heteroatoms. The molecule has 0 spiro atoms. The van der Waals surface area contributed by atoms with Crippen molar-refractivity contribution >= 4 is 5.69 Å². The number of anilines is 1. The van der Waals surface area contributed by atoms with Crippen molar-refractivity contribution < 1.29 is 4.74 Å². The summed E-state index contributed by atoms with van der Waals surface area (Å²) in [5.74, 6) is 0.872. The lowest BCUT2D eigenvalue weighted by atomic mass is 10.3. The van der Waals surface area contributed by atoms with Gasteiger partial charge in [0.1, 0.15) is 12.4 Å². The number of aromatic nitrogens is 1. The third-order valence-electron chi connectivity index (χ3n) is 3.97. The van der Waals surface area contributed by atoms with Crippen molar-refractivity contribution in [3.8, 4) is 5.75 Å². The molecule has 1 aliphatic rings. The summed E-state index contributed by atoms with van der Waals surface area (Å²) in [5.41, 5.74) is 1.17. The second kappa shape index (κ2) is 8.85. The van der Waals surface area contributed by atoms with Crippen molar-refractivity contribution in [3.05, 3.63) is 18.5 Å². The summed E-state index contributed by atoms with van der Waals surface area (Å²) < 4.78 is 5.86. The monoisotopic (exact) mass is 292 g/mol. The average molecular weight is 292 g/mol. The summed E-state index contributed by atoms with van der Waals surface area (Å²) in [6.45, 7) is 12.4. The zero-order chi connectivity index (χ0) is 14.9. The molecule has 1 aliphatic heterocycles. The van der Waals surface area contributed by atoms with Gasteiger partial charge in [-0.25, -0.2) is 0 Å². The highest BCUT2D eigenvalue weighted by atomic mass is 16.5. The van der Waals surface area contributed by atoms with E-state index in [1.54, 1.807) is 0 Å². The summed E-state index contributed by atoms with van der Waals surface area (Å²) in [4.78, 5) is 9.07. The molecular weight excluding hydrogens is 264 g/mol. The minimum absolute atomic E-state index is 0.717. The van der Waals surface area contributed by atoms with Crippen LogP contribution in [0.1, 0.15) is 20.3 Å². The molecule has 0 aromatic carbocycles. The lowest BCUT2D eigenvalue weighted by molar-refractivity contribution is 0.222. The van der Waals surface area contributed by atoms with Crippen LogP contribution in [0.2, 0.25) is 0 Å². The Labute approximate surface area is 128 Å². The van der Waals surface area contributed by atoms with E-state index in [0.717, 1.165) is 51.6 Å². The van der Waals surface area contributed by atoms with Crippen molar-refractivity contribution in [1.82, 2.24) is 15.2 Å². The molecule has 0 atom stereocenters. The molecule has 5 nitrogen and oxygen atoms in total. The molecule has 1 aromatic rings. The first kappa shape index (κ1) is 16.0. The van der Waals surface area contributed by atoms with E-state index in [4.69, 9.17) is 4.74 Å². The fourth-order valence-electron chi connectivity index (χ4n) is 2.60. The standard InChI is InChI=1S/C16H28N4O/c1-3-19(4-2)10-11-21-16-12-15(13-18-14-16)20-8-5-6-17-7-9-20/h12-14,17H,3-11H2,1-2H3. The van der Waals surface area contributed by atoms with Crippen molar-refractivity contribution in [3.63, 3.8) is 0 Å². The summed E-state index contributed by atoms with van der Waals surface area (Å²) in [7, 11) is 0. The van der Waals surface area contributed by atoms with Gasteiger partial charge in [0.05, 0.1) is 18.1 Å². The van der Waals surface area contributed by atoms with E-state index >= 15 is 0 Å². The van der Waals surface area contributed by atoms with Gasteiger partial charge in [0.2, 0.25) is 0 Å². The highest BCUT2D eigenvalue weighted by molar-refractivity contribution is 5.48. The first-order chi connectivity index (χ1) is 10.3. The molecule has 1 N–H and O–H groups in total. The molecule has 0 amide bonds. The van der Waals surface area contributed by atoms with E-state index in [-0.39, 0.29) is 0 Å². The molecule has 0 aliphatic carbocycles. The van der Waals surface area contributed by atoms with Gasteiger partial charge in [0.15, 0.2) is 0 Å². The summed E-state index contributed by atoms with van der Waals surface area (Å²) >= 11 is 0. The van der Waals surface area contributed by atoms with Gasteiger partial charge in [-0.1, -0.05) is 13.8 Å². The predicted molar refractivity (Wildman–Crippen MR) is 87.2 cm³/mol. The van der Waals surface area contributed by atoms with Gasteiger partial charge in [0, 0.05) is 32.2 Å². The molecule has 1 saturated heterocycles. The third-order valence-corrected chi connectivity index (χ3v) is 3.97. The van der Waals surface area contributed by atoms with Gasteiger partial charge in [-0.05, 0) is 26.1 Å². The highest BCUT2D eigenvalue weighted by Gasteiger charge is 2.10. The van der Waals surface area contributed by atoms with Crippen LogP contribution < -0.4 is 15.0 Å².